The van der Waals surface area contributed by atoms with Crippen LogP contribution in [0.2, 0.25) is 0 Å². The van der Waals surface area contributed by atoms with E-state index in [9.17, 15) is 9.18 Å². The molecule has 4 rings (SSSR count). The van der Waals surface area contributed by atoms with Crippen molar-refractivity contribution in [1.29, 1.82) is 0 Å². The second-order valence-corrected chi connectivity index (χ2v) is 6.98. The van der Waals surface area contributed by atoms with E-state index >= 15 is 0 Å². The molecule has 1 saturated heterocycles. The zero-order valence-corrected chi connectivity index (χ0v) is 15.1. The van der Waals surface area contributed by atoms with Crippen LogP contribution in [0.3, 0.4) is 0 Å². The largest absolute Gasteiger partial charge is 0.348 e. The molecule has 0 aliphatic carbocycles. The number of halogens is 1. The lowest BCUT2D eigenvalue weighted by atomic mass is 9.99. The average Bonchev–Trinajstić information content (AvgIpc) is 3.32. The van der Waals surface area contributed by atoms with Gasteiger partial charge in [0.25, 0.3) is 0 Å². The Kier molecular flexibility index (Phi) is 4.70. The summed E-state index contributed by atoms with van der Waals surface area (Å²) in [5.74, 6) is 0.919. The average molecular weight is 368 g/mol. The molecule has 140 valence electrons. The van der Waals surface area contributed by atoms with Gasteiger partial charge in [0.15, 0.2) is 11.5 Å². The highest BCUT2D eigenvalue weighted by molar-refractivity contribution is 5.87. The number of hydrogen-bond acceptors (Lipinski definition) is 5. The maximum Gasteiger partial charge on any atom is 0.242 e. The summed E-state index contributed by atoms with van der Waals surface area (Å²) >= 11 is 0. The summed E-state index contributed by atoms with van der Waals surface area (Å²) < 4.78 is 13.0. The van der Waals surface area contributed by atoms with Crippen LogP contribution < -0.4 is 4.90 Å². The number of aromatic amines is 1. The Bertz CT molecular complexity index is 941. The van der Waals surface area contributed by atoms with Gasteiger partial charge in [-0.2, -0.15) is 0 Å². The molecule has 0 radical (unpaired) electrons. The number of hydrogen-bond donors (Lipinski definition) is 1. The molecule has 1 unspecified atom stereocenters. The van der Waals surface area contributed by atoms with Gasteiger partial charge < -0.3 is 14.8 Å². The van der Waals surface area contributed by atoms with Gasteiger partial charge in [-0.25, -0.2) is 19.3 Å². The van der Waals surface area contributed by atoms with Crippen LogP contribution in [0.5, 0.6) is 0 Å². The Balaban J connectivity index is 1.36. The number of carbonyl (C=O) groups is 1. The fraction of sp³-hybridized carbons (Fsp3) is 0.368. The first-order chi connectivity index (χ1) is 13.1. The second-order valence-electron chi connectivity index (χ2n) is 6.98. The fourth-order valence-corrected chi connectivity index (χ4v) is 3.60. The van der Waals surface area contributed by atoms with Gasteiger partial charge in [0.1, 0.15) is 17.7 Å². The molecule has 3 heterocycles. The molecule has 0 bridgehead atoms. The third-order valence-corrected chi connectivity index (χ3v) is 5.01. The molecule has 2 aromatic heterocycles. The van der Waals surface area contributed by atoms with Crippen molar-refractivity contribution in [3.63, 3.8) is 0 Å². The molecule has 1 aliphatic rings. The lowest BCUT2D eigenvalue weighted by Crippen LogP contribution is -2.38. The SMILES string of the molecule is CN(CC(=O)N1CCC(Cc2ccc(F)cc2)C1)c1ncnc2nc[nH]c12. The number of amides is 1. The van der Waals surface area contributed by atoms with Crippen LogP contribution >= 0.6 is 0 Å². The number of aromatic nitrogens is 4. The number of rotatable bonds is 5. The van der Waals surface area contributed by atoms with Gasteiger partial charge in [-0.3, -0.25) is 4.79 Å². The zero-order valence-electron chi connectivity index (χ0n) is 15.1. The molecule has 1 amide bonds. The van der Waals surface area contributed by atoms with Crippen molar-refractivity contribution < 1.29 is 9.18 Å². The predicted molar refractivity (Wildman–Crippen MR) is 99.7 cm³/mol. The second kappa shape index (κ2) is 7.30. The van der Waals surface area contributed by atoms with E-state index in [2.05, 4.69) is 19.9 Å². The van der Waals surface area contributed by atoms with Crippen molar-refractivity contribution in [2.45, 2.75) is 12.8 Å². The third-order valence-electron chi connectivity index (χ3n) is 5.01. The molecule has 7 nitrogen and oxygen atoms in total. The van der Waals surface area contributed by atoms with Gasteiger partial charge in [0.05, 0.1) is 12.9 Å². The minimum Gasteiger partial charge on any atom is -0.348 e. The maximum absolute atomic E-state index is 13.0. The number of benzene rings is 1. The van der Waals surface area contributed by atoms with E-state index in [4.69, 9.17) is 0 Å². The highest BCUT2D eigenvalue weighted by Crippen LogP contribution is 2.22. The number of imidazole rings is 1. The van der Waals surface area contributed by atoms with Crippen LogP contribution in [-0.4, -0.2) is 57.4 Å². The monoisotopic (exact) mass is 368 g/mol. The Hall–Kier alpha value is -3.03. The lowest BCUT2D eigenvalue weighted by molar-refractivity contribution is -0.128. The number of likely N-dealkylation sites (N-methyl/N-ethyl adjacent to an activating group) is 1. The molecule has 0 saturated carbocycles. The normalized spacial score (nSPS) is 16.8. The highest BCUT2D eigenvalue weighted by Gasteiger charge is 2.27. The van der Waals surface area contributed by atoms with Crippen LogP contribution in [-0.2, 0) is 11.2 Å². The molecule has 0 spiro atoms. The van der Waals surface area contributed by atoms with Crippen molar-refractivity contribution >= 4 is 22.9 Å². The summed E-state index contributed by atoms with van der Waals surface area (Å²) in [6.07, 6.45) is 4.85. The molecule has 1 aromatic carbocycles. The van der Waals surface area contributed by atoms with Gasteiger partial charge in [-0.1, -0.05) is 12.1 Å². The van der Waals surface area contributed by atoms with Crippen molar-refractivity contribution in [3.05, 3.63) is 48.3 Å². The molecular formula is C19H21FN6O. The van der Waals surface area contributed by atoms with Gasteiger partial charge in [-0.15, -0.1) is 0 Å². The van der Waals surface area contributed by atoms with Gasteiger partial charge in [0.2, 0.25) is 5.91 Å². The third kappa shape index (κ3) is 3.74. The summed E-state index contributed by atoms with van der Waals surface area (Å²) in [5, 5.41) is 0. The first-order valence-electron chi connectivity index (χ1n) is 8.97. The first-order valence-corrected chi connectivity index (χ1v) is 8.97. The smallest absolute Gasteiger partial charge is 0.242 e. The summed E-state index contributed by atoms with van der Waals surface area (Å²) in [7, 11) is 1.84. The summed E-state index contributed by atoms with van der Waals surface area (Å²) in [6, 6.07) is 6.61. The first kappa shape index (κ1) is 17.4. The number of nitrogens with one attached hydrogen (secondary N) is 1. The van der Waals surface area contributed by atoms with E-state index in [0.717, 1.165) is 37.0 Å². The minimum absolute atomic E-state index is 0.0744. The zero-order chi connectivity index (χ0) is 18.8. The van der Waals surface area contributed by atoms with Crippen molar-refractivity contribution in [3.8, 4) is 0 Å². The number of anilines is 1. The molecule has 1 fully saturated rings. The van der Waals surface area contributed by atoms with Crippen molar-refractivity contribution in [2.75, 3.05) is 31.6 Å². The number of likely N-dealkylation sites (tertiary alicyclic amines) is 1. The molecule has 1 atom stereocenters. The molecule has 3 aromatic rings. The summed E-state index contributed by atoms with van der Waals surface area (Å²) in [4.78, 5) is 31.9. The lowest BCUT2D eigenvalue weighted by Gasteiger charge is -2.22. The van der Waals surface area contributed by atoms with Crippen molar-refractivity contribution in [2.24, 2.45) is 5.92 Å². The van der Waals surface area contributed by atoms with E-state index in [1.165, 1.54) is 18.5 Å². The van der Waals surface area contributed by atoms with E-state index in [1.54, 1.807) is 6.33 Å². The van der Waals surface area contributed by atoms with Gasteiger partial charge in [-0.05, 0) is 36.5 Å². The Labute approximate surface area is 156 Å². The van der Waals surface area contributed by atoms with Crippen LogP contribution in [0, 0.1) is 11.7 Å². The van der Waals surface area contributed by atoms with Crippen LogP contribution in [0.15, 0.2) is 36.9 Å². The number of H-pyrrole nitrogens is 1. The molecular weight excluding hydrogens is 347 g/mol. The summed E-state index contributed by atoms with van der Waals surface area (Å²) in [6.45, 7) is 1.73. The molecule has 1 aliphatic heterocycles. The standard InChI is InChI=1S/C19H21FN6O/c1-25(19-17-18(22-11-21-17)23-12-24-19)10-16(27)26-7-6-14(9-26)8-13-2-4-15(20)5-3-13/h2-5,11-12,14H,6-10H2,1H3,(H,21,22,23,24). The Morgan fingerprint density at radius 2 is 2.11 bits per heavy atom. The van der Waals surface area contributed by atoms with Crippen LogP contribution in [0.25, 0.3) is 11.2 Å². The highest BCUT2D eigenvalue weighted by atomic mass is 19.1. The summed E-state index contributed by atoms with van der Waals surface area (Å²) in [5.41, 5.74) is 2.42. The predicted octanol–water partition coefficient (Wildman–Crippen LogP) is 2.02. The number of nitrogens with zero attached hydrogens (tertiary/aromatic N) is 5. The van der Waals surface area contributed by atoms with Gasteiger partial charge >= 0.3 is 0 Å². The van der Waals surface area contributed by atoms with E-state index in [0.29, 0.717) is 17.4 Å². The number of fused-ring (bicyclic) bond motifs is 1. The van der Waals surface area contributed by atoms with E-state index < -0.39 is 0 Å². The van der Waals surface area contributed by atoms with Crippen molar-refractivity contribution in [1.82, 2.24) is 24.8 Å². The Morgan fingerprint density at radius 3 is 2.93 bits per heavy atom. The minimum atomic E-state index is -0.221. The topological polar surface area (TPSA) is 78.0 Å². The molecule has 1 N–H and O–H groups in total. The maximum atomic E-state index is 13.0. The Morgan fingerprint density at radius 1 is 1.30 bits per heavy atom. The number of carbonyl (C=O) groups excluding carboxylic acids is 1. The van der Waals surface area contributed by atoms with Gasteiger partial charge in [0, 0.05) is 20.1 Å². The quantitative estimate of drug-likeness (QED) is 0.745. The fourth-order valence-electron chi connectivity index (χ4n) is 3.60. The van der Waals surface area contributed by atoms with E-state index in [-0.39, 0.29) is 18.3 Å². The van der Waals surface area contributed by atoms with Crippen LogP contribution in [0.1, 0.15) is 12.0 Å². The van der Waals surface area contributed by atoms with Crippen LogP contribution in [0.4, 0.5) is 10.2 Å². The molecule has 8 heteroatoms. The molecule has 27 heavy (non-hydrogen) atoms. The van der Waals surface area contributed by atoms with E-state index in [1.807, 2.05) is 29.0 Å².